The van der Waals surface area contributed by atoms with E-state index in [1.165, 1.54) is 5.56 Å². The van der Waals surface area contributed by atoms with E-state index in [9.17, 15) is 4.79 Å². The molecule has 4 heteroatoms. The first-order valence-electron chi connectivity index (χ1n) is 6.99. The molecule has 0 bridgehead atoms. The normalized spacial score (nSPS) is 13.2. The van der Waals surface area contributed by atoms with Crippen molar-refractivity contribution in [1.29, 1.82) is 0 Å². The van der Waals surface area contributed by atoms with Crippen LogP contribution in [0.1, 0.15) is 18.1 Å². The average molecular weight is 301 g/mol. The van der Waals surface area contributed by atoms with Gasteiger partial charge >= 0.3 is 0 Å². The molecule has 3 rings (SSSR count). The summed E-state index contributed by atoms with van der Waals surface area (Å²) in [6.07, 6.45) is 0.902. The molecule has 1 N–H and O–H groups in total. The number of nitrogens with zero attached hydrogens (tertiary/aromatic N) is 1. The second-order valence-electron chi connectivity index (χ2n) is 5.35. The Bertz CT molecular complexity index is 712. The lowest BCUT2D eigenvalue weighted by Gasteiger charge is -2.15. The molecule has 21 heavy (non-hydrogen) atoms. The zero-order valence-corrected chi connectivity index (χ0v) is 12.9. The number of rotatable bonds is 2. The topological polar surface area (TPSA) is 32.3 Å². The number of carbonyl (C=O) groups is 1. The van der Waals surface area contributed by atoms with Crippen molar-refractivity contribution in [2.24, 2.45) is 0 Å². The van der Waals surface area contributed by atoms with Gasteiger partial charge in [0.25, 0.3) is 0 Å². The highest BCUT2D eigenvalue weighted by Crippen LogP contribution is 2.32. The van der Waals surface area contributed by atoms with Crippen molar-refractivity contribution in [3.8, 4) is 0 Å². The summed E-state index contributed by atoms with van der Waals surface area (Å²) in [4.78, 5) is 13.4. The van der Waals surface area contributed by atoms with Gasteiger partial charge in [0.15, 0.2) is 0 Å². The summed E-state index contributed by atoms with van der Waals surface area (Å²) in [5.41, 5.74) is 5.39. The van der Waals surface area contributed by atoms with E-state index in [0.717, 1.165) is 35.6 Å². The van der Waals surface area contributed by atoms with Crippen molar-refractivity contribution in [3.05, 3.63) is 52.5 Å². The van der Waals surface area contributed by atoms with Crippen molar-refractivity contribution in [1.82, 2.24) is 0 Å². The summed E-state index contributed by atoms with van der Waals surface area (Å²) in [6, 6.07) is 11.9. The van der Waals surface area contributed by atoms with E-state index in [1.54, 1.807) is 6.92 Å². The predicted molar refractivity (Wildman–Crippen MR) is 87.6 cm³/mol. The van der Waals surface area contributed by atoms with Gasteiger partial charge < -0.3 is 10.2 Å². The average Bonchev–Trinajstić information content (AvgIpc) is 2.86. The minimum atomic E-state index is 0.0974. The highest BCUT2D eigenvalue weighted by Gasteiger charge is 2.22. The molecule has 0 unspecified atom stereocenters. The van der Waals surface area contributed by atoms with Gasteiger partial charge in [-0.1, -0.05) is 17.7 Å². The number of carbonyl (C=O) groups excluding carboxylic acids is 1. The summed E-state index contributed by atoms with van der Waals surface area (Å²) in [7, 11) is 0. The monoisotopic (exact) mass is 300 g/mol. The molecule has 2 aromatic rings. The van der Waals surface area contributed by atoms with Crippen molar-refractivity contribution >= 4 is 34.6 Å². The Balaban J connectivity index is 1.88. The van der Waals surface area contributed by atoms with E-state index in [0.29, 0.717) is 5.02 Å². The Morgan fingerprint density at radius 3 is 2.81 bits per heavy atom. The van der Waals surface area contributed by atoms with Crippen LogP contribution in [-0.4, -0.2) is 12.5 Å². The third-order valence-corrected chi connectivity index (χ3v) is 4.07. The molecule has 1 heterocycles. The quantitative estimate of drug-likeness (QED) is 0.897. The van der Waals surface area contributed by atoms with Crippen LogP contribution in [0.15, 0.2) is 36.4 Å². The van der Waals surface area contributed by atoms with Crippen molar-refractivity contribution in [2.75, 3.05) is 16.8 Å². The summed E-state index contributed by atoms with van der Waals surface area (Å²) in [5.74, 6) is 0.0974. The fourth-order valence-corrected chi connectivity index (χ4v) is 2.86. The molecular formula is C17H17ClN2O. The van der Waals surface area contributed by atoms with Crippen LogP contribution < -0.4 is 10.2 Å². The lowest BCUT2D eigenvalue weighted by Crippen LogP contribution is -2.25. The molecule has 0 atom stereocenters. The predicted octanol–water partition coefficient (Wildman–Crippen LogP) is 4.30. The fraction of sp³-hybridized carbons (Fsp3) is 0.235. The maximum Gasteiger partial charge on any atom is 0.223 e. The molecule has 1 aliphatic rings. The summed E-state index contributed by atoms with van der Waals surface area (Å²) < 4.78 is 0. The highest BCUT2D eigenvalue weighted by molar-refractivity contribution is 6.30. The lowest BCUT2D eigenvalue weighted by atomic mass is 10.1. The molecule has 0 aliphatic carbocycles. The molecule has 1 aliphatic heterocycles. The first-order valence-corrected chi connectivity index (χ1v) is 7.36. The maximum atomic E-state index is 11.6. The molecule has 0 radical (unpaired) electrons. The molecule has 0 saturated carbocycles. The summed E-state index contributed by atoms with van der Waals surface area (Å²) in [5, 5.41) is 4.11. The Hall–Kier alpha value is -2.00. The molecule has 0 fully saturated rings. The number of aryl methyl sites for hydroxylation is 1. The first-order chi connectivity index (χ1) is 10.0. The third-order valence-electron chi connectivity index (χ3n) is 3.83. The molecule has 0 saturated heterocycles. The Morgan fingerprint density at radius 2 is 2.05 bits per heavy atom. The largest absolute Gasteiger partial charge is 0.355 e. The fourth-order valence-electron chi connectivity index (χ4n) is 2.69. The standard InChI is InChI=1S/C17H17ClN2O/c1-11-3-4-14(18)10-16(11)19-15-5-6-17-13(9-15)7-8-20(17)12(2)21/h3-6,9-10,19H,7-8H2,1-2H3. The van der Waals surface area contributed by atoms with Gasteiger partial charge in [-0.25, -0.2) is 0 Å². The van der Waals surface area contributed by atoms with Crippen molar-refractivity contribution in [2.45, 2.75) is 20.3 Å². The van der Waals surface area contributed by atoms with Gasteiger partial charge in [-0.05, 0) is 54.8 Å². The number of fused-ring (bicyclic) bond motifs is 1. The maximum absolute atomic E-state index is 11.6. The molecule has 0 spiro atoms. The number of benzene rings is 2. The smallest absolute Gasteiger partial charge is 0.223 e. The van der Waals surface area contributed by atoms with Crippen LogP contribution in [0.5, 0.6) is 0 Å². The second kappa shape index (κ2) is 5.41. The second-order valence-corrected chi connectivity index (χ2v) is 5.78. The van der Waals surface area contributed by atoms with E-state index in [2.05, 4.69) is 11.4 Å². The molecule has 0 aromatic heterocycles. The molecule has 2 aromatic carbocycles. The lowest BCUT2D eigenvalue weighted by molar-refractivity contribution is -0.116. The minimum absolute atomic E-state index is 0.0974. The van der Waals surface area contributed by atoms with Crippen LogP contribution in [0.25, 0.3) is 0 Å². The number of hydrogen-bond acceptors (Lipinski definition) is 2. The minimum Gasteiger partial charge on any atom is -0.355 e. The van der Waals surface area contributed by atoms with E-state index in [-0.39, 0.29) is 5.91 Å². The molecule has 1 amide bonds. The molecular weight excluding hydrogens is 284 g/mol. The van der Waals surface area contributed by atoms with Crippen LogP contribution >= 0.6 is 11.6 Å². The van der Waals surface area contributed by atoms with Gasteiger partial charge in [0, 0.05) is 35.6 Å². The van der Waals surface area contributed by atoms with E-state index in [1.807, 2.05) is 42.2 Å². The van der Waals surface area contributed by atoms with E-state index >= 15 is 0 Å². The number of hydrogen-bond donors (Lipinski definition) is 1. The van der Waals surface area contributed by atoms with Gasteiger partial charge in [0.05, 0.1) is 0 Å². The van der Waals surface area contributed by atoms with Crippen LogP contribution in [0.2, 0.25) is 5.02 Å². The molecule has 3 nitrogen and oxygen atoms in total. The number of halogens is 1. The van der Waals surface area contributed by atoms with Gasteiger partial charge in [0.2, 0.25) is 5.91 Å². The number of amides is 1. The Labute approximate surface area is 129 Å². The zero-order valence-electron chi connectivity index (χ0n) is 12.1. The first kappa shape index (κ1) is 14.0. The molecule has 108 valence electrons. The van der Waals surface area contributed by atoms with Crippen LogP contribution in [-0.2, 0) is 11.2 Å². The van der Waals surface area contributed by atoms with Crippen LogP contribution in [0.4, 0.5) is 17.1 Å². The summed E-state index contributed by atoms with van der Waals surface area (Å²) >= 11 is 6.05. The van der Waals surface area contributed by atoms with Crippen molar-refractivity contribution < 1.29 is 4.79 Å². The SMILES string of the molecule is CC(=O)N1CCc2cc(Nc3cc(Cl)ccc3C)ccc21. The highest BCUT2D eigenvalue weighted by atomic mass is 35.5. The van der Waals surface area contributed by atoms with Gasteiger partial charge in [-0.2, -0.15) is 0 Å². The third kappa shape index (κ3) is 2.74. The van der Waals surface area contributed by atoms with Gasteiger partial charge in [-0.3, -0.25) is 4.79 Å². The summed E-state index contributed by atoms with van der Waals surface area (Å²) in [6.45, 7) is 4.42. The van der Waals surface area contributed by atoms with E-state index in [4.69, 9.17) is 11.6 Å². The van der Waals surface area contributed by atoms with Crippen LogP contribution in [0.3, 0.4) is 0 Å². The van der Waals surface area contributed by atoms with E-state index < -0.39 is 0 Å². The van der Waals surface area contributed by atoms with Gasteiger partial charge in [0.1, 0.15) is 0 Å². The van der Waals surface area contributed by atoms with Crippen LogP contribution in [0, 0.1) is 6.92 Å². The van der Waals surface area contributed by atoms with Crippen molar-refractivity contribution in [3.63, 3.8) is 0 Å². The zero-order chi connectivity index (χ0) is 15.0. The Kier molecular flexibility index (Phi) is 3.60. The van der Waals surface area contributed by atoms with Gasteiger partial charge in [-0.15, -0.1) is 0 Å². The Morgan fingerprint density at radius 1 is 1.24 bits per heavy atom. The number of anilines is 3. The number of nitrogens with one attached hydrogen (secondary N) is 1.